The van der Waals surface area contributed by atoms with Crippen LogP contribution in [0.3, 0.4) is 0 Å². The van der Waals surface area contributed by atoms with Gasteiger partial charge in [0.25, 0.3) is 11.7 Å². The Morgan fingerprint density at radius 3 is 2.71 bits per heavy atom. The lowest BCUT2D eigenvalue weighted by molar-refractivity contribution is -0.140. The topological polar surface area (TPSA) is 70.8 Å². The average Bonchev–Trinajstić information content (AvgIpc) is 3.42. The maximum atomic E-state index is 14.0. The summed E-state index contributed by atoms with van der Waals surface area (Å²) in [5.41, 5.74) is 0.521. The zero-order chi connectivity index (χ0) is 19.8. The molecule has 2 aromatic heterocycles. The van der Waals surface area contributed by atoms with Crippen molar-refractivity contribution in [2.24, 2.45) is 0 Å². The van der Waals surface area contributed by atoms with Crippen molar-refractivity contribution < 1.29 is 23.5 Å². The highest BCUT2D eigenvalue weighted by atomic mass is 32.1. The Kier molecular flexibility index (Phi) is 4.60. The summed E-state index contributed by atoms with van der Waals surface area (Å²) < 4.78 is 19.3. The molecule has 1 amide bonds. The number of amides is 1. The molecule has 3 heterocycles. The molecule has 1 fully saturated rings. The van der Waals surface area contributed by atoms with Gasteiger partial charge in [-0.15, -0.1) is 11.3 Å². The molecule has 0 saturated carbocycles. The maximum Gasteiger partial charge on any atom is 0.296 e. The number of hydrogen-bond acceptors (Lipinski definition) is 5. The van der Waals surface area contributed by atoms with E-state index < -0.39 is 29.3 Å². The number of furan rings is 1. The molecule has 7 heteroatoms. The molecule has 5 nitrogen and oxygen atoms in total. The number of carbonyl (C=O) groups excluding carboxylic acids is 2. The van der Waals surface area contributed by atoms with E-state index in [0.717, 1.165) is 10.9 Å². The van der Waals surface area contributed by atoms with E-state index in [1.165, 1.54) is 34.6 Å². The van der Waals surface area contributed by atoms with Crippen molar-refractivity contribution in [2.45, 2.75) is 19.5 Å². The molecule has 3 aromatic rings. The van der Waals surface area contributed by atoms with E-state index >= 15 is 0 Å². The van der Waals surface area contributed by atoms with Crippen molar-refractivity contribution in [3.8, 4) is 0 Å². The molecule has 1 aliphatic rings. The van der Waals surface area contributed by atoms with Gasteiger partial charge >= 0.3 is 0 Å². The fourth-order valence-electron chi connectivity index (χ4n) is 3.25. The largest absolute Gasteiger partial charge is 0.507 e. The van der Waals surface area contributed by atoms with Gasteiger partial charge in [0.2, 0.25) is 0 Å². The zero-order valence-corrected chi connectivity index (χ0v) is 15.7. The summed E-state index contributed by atoms with van der Waals surface area (Å²) in [6.45, 7) is 1.69. The highest BCUT2D eigenvalue weighted by molar-refractivity contribution is 7.10. The van der Waals surface area contributed by atoms with E-state index in [9.17, 15) is 19.1 Å². The summed E-state index contributed by atoms with van der Waals surface area (Å²) in [5, 5.41) is 12.7. The van der Waals surface area contributed by atoms with Crippen LogP contribution in [0.15, 0.2) is 64.1 Å². The second-order valence-electron chi connectivity index (χ2n) is 6.49. The Hall–Kier alpha value is -3.19. The van der Waals surface area contributed by atoms with E-state index in [2.05, 4.69) is 0 Å². The first-order valence-corrected chi connectivity index (χ1v) is 9.46. The summed E-state index contributed by atoms with van der Waals surface area (Å²) in [6, 6.07) is 10.4. The number of aryl methyl sites for hydroxylation is 1. The summed E-state index contributed by atoms with van der Waals surface area (Å²) in [7, 11) is 0. The van der Waals surface area contributed by atoms with Gasteiger partial charge in [-0.3, -0.25) is 9.59 Å². The van der Waals surface area contributed by atoms with Gasteiger partial charge in [0.05, 0.1) is 18.4 Å². The predicted molar refractivity (Wildman–Crippen MR) is 102 cm³/mol. The number of likely N-dealkylation sites (tertiary alicyclic amines) is 1. The Bertz CT molecular complexity index is 1070. The molecule has 142 valence electrons. The standard InChI is InChI=1S/C21H16FNO4S/c1-12-6-7-13(10-15(12)22)19(24)17-18(16-5-3-9-28-16)23(21(26)20(17)25)11-14-4-2-8-27-14/h2-10,18,24H,11H2,1H3/b19-17-. The van der Waals surface area contributed by atoms with Crippen LogP contribution < -0.4 is 0 Å². The number of nitrogens with zero attached hydrogens (tertiary/aromatic N) is 1. The van der Waals surface area contributed by atoms with E-state index in [4.69, 9.17) is 4.42 Å². The smallest absolute Gasteiger partial charge is 0.296 e. The molecule has 1 N–H and O–H groups in total. The molecule has 1 aliphatic heterocycles. The van der Waals surface area contributed by atoms with Crippen molar-refractivity contribution in [2.75, 3.05) is 0 Å². The monoisotopic (exact) mass is 397 g/mol. The predicted octanol–water partition coefficient (Wildman–Crippen LogP) is 4.41. The first kappa shape index (κ1) is 18.2. The number of thiophene rings is 1. The van der Waals surface area contributed by atoms with Crippen LogP contribution in [0.2, 0.25) is 0 Å². The minimum Gasteiger partial charge on any atom is -0.507 e. The molecule has 0 bridgehead atoms. The van der Waals surface area contributed by atoms with Gasteiger partial charge in [0.1, 0.15) is 23.4 Å². The van der Waals surface area contributed by atoms with Gasteiger partial charge in [-0.25, -0.2) is 4.39 Å². The van der Waals surface area contributed by atoms with E-state index in [1.54, 1.807) is 31.2 Å². The van der Waals surface area contributed by atoms with Crippen LogP contribution in [0.5, 0.6) is 0 Å². The van der Waals surface area contributed by atoms with Crippen LogP contribution in [-0.4, -0.2) is 21.7 Å². The number of aliphatic hydroxyl groups is 1. The molecule has 0 spiro atoms. The Morgan fingerprint density at radius 1 is 1.25 bits per heavy atom. The Labute approximate surface area is 164 Å². The van der Waals surface area contributed by atoms with Crippen LogP contribution in [0.1, 0.15) is 27.8 Å². The third-order valence-corrected chi connectivity index (χ3v) is 5.63. The van der Waals surface area contributed by atoms with Crippen LogP contribution >= 0.6 is 11.3 Å². The number of halogens is 1. The highest BCUT2D eigenvalue weighted by Crippen LogP contribution is 2.41. The molecular formula is C21H16FNO4S. The molecule has 0 aliphatic carbocycles. The lowest BCUT2D eigenvalue weighted by Gasteiger charge is -2.23. The summed E-state index contributed by atoms with van der Waals surface area (Å²) >= 11 is 1.37. The molecule has 4 rings (SSSR count). The molecule has 1 aromatic carbocycles. The van der Waals surface area contributed by atoms with Gasteiger partial charge in [0.15, 0.2) is 0 Å². The van der Waals surface area contributed by atoms with Crippen molar-refractivity contribution in [3.63, 3.8) is 0 Å². The van der Waals surface area contributed by atoms with Crippen LogP contribution in [-0.2, 0) is 16.1 Å². The first-order valence-electron chi connectivity index (χ1n) is 8.58. The third kappa shape index (κ3) is 3.03. The third-order valence-electron chi connectivity index (χ3n) is 4.70. The minimum atomic E-state index is -0.802. The fourth-order valence-corrected chi connectivity index (χ4v) is 4.10. The number of ketones is 1. The molecule has 28 heavy (non-hydrogen) atoms. The zero-order valence-electron chi connectivity index (χ0n) is 14.9. The minimum absolute atomic E-state index is 0.0535. The molecule has 0 radical (unpaired) electrons. The quantitative estimate of drug-likeness (QED) is 0.402. The van der Waals surface area contributed by atoms with Crippen molar-refractivity contribution >= 4 is 28.8 Å². The van der Waals surface area contributed by atoms with Crippen molar-refractivity contribution in [3.05, 3.63) is 87.3 Å². The summed E-state index contributed by atoms with van der Waals surface area (Å²) in [5.74, 6) is -1.91. The van der Waals surface area contributed by atoms with Crippen molar-refractivity contribution in [1.29, 1.82) is 0 Å². The lowest BCUT2D eigenvalue weighted by atomic mass is 9.99. The lowest BCUT2D eigenvalue weighted by Crippen LogP contribution is -2.28. The number of hydrogen-bond donors (Lipinski definition) is 1. The van der Waals surface area contributed by atoms with Crippen LogP contribution in [0, 0.1) is 12.7 Å². The van der Waals surface area contributed by atoms with E-state index in [-0.39, 0.29) is 17.7 Å². The van der Waals surface area contributed by atoms with Gasteiger partial charge in [0, 0.05) is 10.4 Å². The van der Waals surface area contributed by atoms with Gasteiger partial charge in [-0.2, -0.15) is 0 Å². The van der Waals surface area contributed by atoms with Crippen molar-refractivity contribution in [1.82, 2.24) is 4.90 Å². The first-order chi connectivity index (χ1) is 13.5. The molecule has 1 unspecified atom stereocenters. The highest BCUT2D eigenvalue weighted by Gasteiger charge is 2.46. The van der Waals surface area contributed by atoms with E-state index in [1.807, 2.05) is 5.38 Å². The van der Waals surface area contributed by atoms with Crippen LogP contribution in [0.4, 0.5) is 4.39 Å². The summed E-state index contributed by atoms with van der Waals surface area (Å²) in [6.07, 6.45) is 1.49. The fraction of sp³-hybridized carbons (Fsp3) is 0.143. The number of Topliss-reactive ketones (excluding diaryl/α,β-unsaturated/α-hetero) is 1. The number of benzene rings is 1. The molecule has 1 saturated heterocycles. The van der Waals surface area contributed by atoms with Crippen LogP contribution in [0.25, 0.3) is 5.76 Å². The van der Waals surface area contributed by atoms with Gasteiger partial charge in [-0.05, 0) is 42.1 Å². The average molecular weight is 397 g/mol. The maximum absolute atomic E-state index is 14.0. The van der Waals surface area contributed by atoms with Gasteiger partial charge in [-0.1, -0.05) is 18.2 Å². The van der Waals surface area contributed by atoms with Gasteiger partial charge < -0.3 is 14.4 Å². The second kappa shape index (κ2) is 7.09. The second-order valence-corrected chi connectivity index (χ2v) is 7.47. The van der Waals surface area contributed by atoms with E-state index in [0.29, 0.717) is 11.3 Å². The molecular weight excluding hydrogens is 381 g/mol. The normalized spacial score (nSPS) is 18.8. The molecule has 1 atom stereocenters. The SMILES string of the molecule is Cc1ccc(/C(O)=C2/C(=O)C(=O)N(Cc3ccco3)C2c2cccs2)cc1F. The Balaban J connectivity index is 1.85. The Morgan fingerprint density at radius 2 is 2.07 bits per heavy atom. The summed E-state index contributed by atoms with van der Waals surface area (Å²) in [4.78, 5) is 27.6. The number of aliphatic hydroxyl groups excluding tert-OH is 1. The number of carbonyl (C=O) groups is 2. The number of rotatable bonds is 4.